The van der Waals surface area contributed by atoms with E-state index in [0.717, 1.165) is 22.7 Å². The molecule has 6 nitrogen and oxygen atoms in total. The van der Waals surface area contributed by atoms with Gasteiger partial charge < -0.3 is 20.7 Å². The number of nitrogens with one attached hydrogen (secondary N) is 3. The lowest BCUT2D eigenvalue weighted by Crippen LogP contribution is -2.03. The van der Waals surface area contributed by atoms with Crippen LogP contribution in [0.4, 0.5) is 33.2 Å². The zero-order valence-corrected chi connectivity index (χ0v) is 15.4. The monoisotopic (exact) mass is 415 g/mol. The molecule has 26 heavy (non-hydrogen) atoms. The molecule has 2 aromatic carbocycles. The first-order valence-corrected chi connectivity index (χ1v) is 8.71. The molecule has 1 aromatic heterocycles. The molecule has 2 heterocycles. The maximum Gasteiger partial charge on any atom is 0.229 e. The molecule has 0 atom stereocenters. The van der Waals surface area contributed by atoms with E-state index >= 15 is 0 Å². The van der Waals surface area contributed by atoms with Crippen LogP contribution in [0.25, 0.3) is 0 Å². The number of aromatic nitrogens is 2. The van der Waals surface area contributed by atoms with Gasteiger partial charge in [0.05, 0.1) is 11.4 Å². The second-order valence-electron chi connectivity index (χ2n) is 5.78. The zero-order valence-electron chi connectivity index (χ0n) is 13.8. The summed E-state index contributed by atoms with van der Waals surface area (Å²) in [6.45, 7) is 2.37. The largest absolute Gasteiger partial charge is 0.471 e. The van der Waals surface area contributed by atoms with Crippen molar-refractivity contribution in [3.8, 4) is 5.75 Å². The third kappa shape index (κ3) is 3.41. The van der Waals surface area contributed by atoms with E-state index in [1.165, 1.54) is 6.07 Å². The molecule has 0 saturated carbocycles. The molecule has 1 aliphatic rings. The van der Waals surface area contributed by atoms with Crippen LogP contribution in [-0.4, -0.2) is 16.7 Å². The number of rotatable bonds is 4. The van der Waals surface area contributed by atoms with Gasteiger partial charge in [-0.1, -0.05) is 15.9 Å². The van der Waals surface area contributed by atoms with E-state index in [9.17, 15) is 4.39 Å². The van der Waals surface area contributed by atoms with Gasteiger partial charge in [0, 0.05) is 21.9 Å². The fourth-order valence-electron chi connectivity index (χ4n) is 2.54. The molecular weight excluding hydrogens is 401 g/mol. The number of fused-ring (bicyclic) bond motifs is 1. The van der Waals surface area contributed by atoms with E-state index in [-0.39, 0.29) is 5.82 Å². The summed E-state index contributed by atoms with van der Waals surface area (Å²) in [7, 11) is 0. The van der Waals surface area contributed by atoms with Crippen molar-refractivity contribution >= 4 is 44.8 Å². The third-order valence-corrected chi connectivity index (χ3v) is 4.38. The quantitative estimate of drug-likeness (QED) is 0.560. The number of benzene rings is 2. The van der Waals surface area contributed by atoms with Crippen LogP contribution in [0.2, 0.25) is 0 Å². The summed E-state index contributed by atoms with van der Waals surface area (Å²) >= 11 is 3.24. The van der Waals surface area contributed by atoms with E-state index < -0.39 is 0 Å². The van der Waals surface area contributed by atoms with Crippen LogP contribution in [0.15, 0.2) is 47.1 Å². The summed E-state index contributed by atoms with van der Waals surface area (Å²) < 4.78 is 20.1. The normalized spacial score (nSPS) is 12.1. The van der Waals surface area contributed by atoms with Gasteiger partial charge in [0.1, 0.15) is 17.4 Å². The summed E-state index contributed by atoms with van der Waals surface area (Å²) in [5.41, 5.74) is 2.97. The molecule has 0 fully saturated rings. The van der Waals surface area contributed by atoms with E-state index in [0.29, 0.717) is 28.7 Å². The average Bonchev–Trinajstić information content (AvgIpc) is 3.08. The van der Waals surface area contributed by atoms with E-state index in [2.05, 4.69) is 41.8 Å². The van der Waals surface area contributed by atoms with Gasteiger partial charge >= 0.3 is 0 Å². The Hall–Kier alpha value is -2.87. The topological polar surface area (TPSA) is 71.1 Å². The van der Waals surface area contributed by atoms with Crippen LogP contribution >= 0.6 is 15.9 Å². The summed E-state index contributed by atoms with van der Waals surface area (Å²) in [5.74, 6) is 1.38. The van der Waals surface area contributed by atoms with Crippen LogP contribution in [0.1, 0.15) is 5.56 Å². The predicted octanol–water partition coefficient (Wildman–Crippen LogP) is 4.94. The molecule has 1 aliphatic heterocycles. The first-order chi connectivity index (χ1) is 12.6. The van der Waals surface area contributed by atoms with Gasteiger partial charge in [-0.05, 0) is 43.3 Å². The Labute approximate surface area is 158 Å². The SMILES string of the molecule is Cc1cnc(Nc2ccc(Br)cc2F)nc1Nc1ccc2c(c1)NCO2. The maximum absolute atomic E-state index is 14.0. The molecule has 0 bridgehead atoms. The van der Waals surface area contributed by atoms with E-state index in [1.807, 2.05) is 25.1 Å². The van der Waals surface area contributed by atoms with Crippen molar-refractivity contribution < 1.29 is 9.13 Å². The lowest BCUT2D eigenvalue weighted by Gasteiger charge is -2.12. The van der Waals surface area contributed by atoms with Gasteiger partial charge in [-0.15, -0.1) is 0 Å². The number of aryl methyl sites for hydroxylation is 1. The second kappa shape index (κ2) is 6.80. The third-order valence-electron chi connectivity index (χ3n) is 3.88. The number of nitrogens with zero attached hydrogens (tertiary/aromatic N) is 2. The molecule has 0 aliphatic carbocycles. The highest BCUT2D eigenvalue weighted by Crippen LogP contribution is 2.33. The molecule has 4 rings (SSSR count). The van der Waals surface area contributed by atoms with Crippen molar-refractivity contribution in [3.63, 3.8) is 0 Å². The van der Waals surface area contributed by atoms with Gasteiger partial charge in [-0.25, -0.2) is 9.37 Å². The van der Waals surface area contributed by atoms with Gasteiger partial charge in [0.2, 0.25) is 5.95 Å². The predicted molar refractivity (Wildman–Crippen MR) is 103 cm³/mol. The minimum atomic E-state index is -0.386. The van der Waals surface area contributed by atoms with Gasteiger partial charge in [0.15, 0.2) is 6.73 Å². The minimum Gasteiger partial charge on any atom is -0.471 e. The van der Waals surface area contributed by atoms with Crippen LogP contribution in [0.5, 0.6) is 5.75 Å². The lowest BCUT2D eigenvalue weighted by atomic mass is 10.2. The zero-order chi connectivity index (χ0) is 18.1. The van der Waals surface area contributed by atoms with Gasteiger partial charge in [-0.2, -0.15) is 4.98 Å². The van der Waals surface area contributed by atoms with Crippen molar-refractivity contribution in [2.45, 2.75) is 6.92 Å². The molecular formula is C18H15BrFN5O. The Kier molecular flexibility index (Phi) is 4.34. The minimum absolute atomic E-state index is 0.307. The summed E-state index contributed by atoms with van der Waals surface area (Å²) in [4.78, 5) is 8.68. The lowest BCUT2D eigenvalue weighted by molar-refractivity contribution is 0.372. The van der Waals surface area contributed by atoms with Crippen molar-refractivity contribution in [3.05, 3.63) is 58.4 Å². The highest BCUT2D eigenvalue weighted by atomic mass is 79.9. The first-order valence-electron chi connectivity index (χ1n) is 7.92. The fraction of sp³-hybridized carbons (Fsp3) is 0.111. The number of halogens is 2. The van der Waals surface area contributed by atoms with Gasteiger partial charge in [-0.3, -0.25) is 0 Å². The Bertz CT molecular complexity index is 982. The Morgan fingerprint density at radius 3 is 2.92 bits per heavy atom. The molecule has 0 spiro atoms. The van der Waals surface area contributed by atoms with E-state index in [4.69, 9.17) is 4.74 Å². The molecule has 0 unspecified atom stereocenters. The van der Waals surface area contributed by atoms with Crippen LogP contribution in [-0.2, 0) is 0 Å². The highest BCUT2D eigenvalue weighted by molar-refractivity contribution is 9.10. The standard InChI is InChI=1S/C18H15BrFN5O/c1-10-8-21-18(24-14-4-2-11(19)6-13(14)20)25-17(10)23-12-3-5-16-15(7-12)22-9-26-16/h2-8,22H,9H2,1H3,(H2,21,23,24,25). The highest BCUT2D eigenvalue weighted by Gasteiger charge is 2.12. The number of hydrogen-bond donors (Lipinski definition) is 3. The number of hydrogen-bond acceptors (Lipinski definition) is 6. The maximum atomic E-state index is 14.0. The fourth-order valence-corrected chi connectivity index (χ4v) is 2.87. The molecule has 0 radical (unpaired) electrons. The molecule has 8 heteroatoms. The van der Waals surface area contributed by atoms with Crippen molar-refractivity contribution in [1.29, 1.82) is 0 Å². The Balaban J connectivity index is 1.58. The number of ether oxygens (including phenoxy) is 1. The summed E-state index contributed by atoms with van der Waals surface area (Å²) in [6.07, 6.45) is 1.68. The Morgan fingerprint density at radius 1 is 1.19 bits per heavy atom. The van der Waals surface area contributed by atoms with E-state index in [1.54, 1.807) is 18.3 Å². The van der Waals surface area contributed by atoms with Crippen molar-refractivity contribution in [2.24, 2.45) is 0 Å². The van der Waals surface area contributed by atoms with Crippen LogP contribution < -0.4 is 20.7 Å². The van der Waals surface area contributed by atoms with Crippen molar-refractivity contribution in [2.75, 3.05) is 22.7 Å². The van der Waals surface area contributed by atoms with Crippen LogP contribution in [0, 0.1) is 12.7 Å². The smallest absolute Gasteiger partial charge is 0.229 e. The molecule has 3 N–H and O–H groups in total. The van der Waals surface area contributed by atoms with Crippen molar-refractivity contribution in [1.82, 2.24) is 9.97 Å². The molecule has 0 amide bonds. The first kappa shape index (κ1) is 16.6. The Morgan fingerprint density at radius 2 is 2.08 bits per heavy atom. The summed E-state index contributed by atoms with van der Waals surface area (Å²) in [6, 6.07) is 10.5. The molecule has 132 valence electrons. The van der Waals surface area contributed by atoms with Gasteiger partial charge in [0.25, 0.3) is 0 Å². The summed E-state index contributed by atoms with van der Waals surface area (Å²) in [5, 5.41) is 9.31. The average molecular weight is 416 g/mol. The second-order valence-corrected chi connectivity index (χ2v) is 6.69. The molecule has 3 aromatic rings. The number of anilines is 5. The van der Waals surface area contributed by atoms with Crippen LogP contribution in [0.3, 0.4) is 0 Å². The molecule has 0 saturated heterocycles.